The molecule has 0 radical (unpaired) electrons. The number of hydrogen-bond donors (Lipinski definition) is 0. The van der Waals surface area contributed by atoms with Gasteiger partial charge in [-0.3, -0.25) is 4.79 Å². The van der Waals surface area contributed by atoms with Crippen LogP contribution in [0.15, 0.2) is 12.2 Å². The van der Waals surface area contributed by atoms with Gasteiger partial charge in [-0.2, -0.15) is 0 Å². The van der Waals surface area contributed by atoms with E-state index in [1.807, 2.05) is 6.92 Å². The number of allylic oxidation sites excluding steroid dienone is 2. The predicted molar refractivity (Wildman–Crippen MR) is 84.7 cm³/mol. The number of carbonyl (C=O) groups is 1. The van der Waals surface area contributed by atoms with Crippen LogP contribution in [0.1, 0.15) is 90.4 Å². The van der Waals surface area contributed by atoms with Crippen LogP contribution in [-0.2, 0) is 9.53 Å². The third-order valence-electron chi connectivity index (χ3n) is 3.98. The molecule has 0 fully saturated rings. The normalized spacial score (nSPS) is 27.1. The molecule has 1 rings (SSSR count). The van der Waals surface area contributed by atoms with Crippen LogP contribution in [0.4, 0.5) is 0 Å². The van der Waals surface area contributed by atoms with E-state index in [9.17, 15) is 4.79 Å². The van der Waals surface area contributed by atoms with E-state index in [2.05, 4.69) is 12.2 Å². The van der Waals surface area contributed by atoms with E-state index in [4.69, 9.17) is 4.74 Å². The molecule has 2 nitrogen and oxygen atoms in total. The van der Waals surface area contributed by atoms with Crippen molar-refractivity contribution >= 4 is 5.97 Å². The molecule has 1 aliphatic heterocycles. The van der Waals surface area contributed by atoms with Crippen LogP contribution in [-0.4, -0.2) is 12.1 Å². The summed E-state index contributed by atoms with van der Waals surface area (Å²) in [5.41, 5.74) is 0. The van der Waals surface area contributed by atoms with Crippen LogP contribution < -0.4 is 0 Å². The summed E-state index contributed by atoms with van der Waals surface area (Å²) in [6, 6.07) is 0. The molecular weight excluding hydrogens is 248 g/mol. The molecule has 2 heteroatoms. The van der Waals surface area contributed by atoms with E-state index < -0.39 is 0 Å². The summed E-state index contributed by atoms with van der Waals surface area (Å²) in [7, 11) is 0. The summed E-state index contributed by atoms with van der Waals surface area (Å²) in [4.78, 5) is 11.7. The second-order valence-corrected chi connectivity index (χ2v) is 6.07. The summed E-state index contributed by atoms with van der Waals surface area (Å²) >= 11 is 0. The zero-order valence-corrected chi connectivity index (χ0v) is 13.2. The van der Waals surface area contributed by atoms with Gasteiger partial charge in [0.15, 0.2) is 0 Å². The Hall–Kier alpha value is -0.790. The van der Waals surface area contributed by atoms with Crippen LogP contribution in [0.5, 0.6) is 0 Å². The number of rotatable bonds is 0. The van der Waals surface area contributed by atoms with Crippen molar-refractivity contribution < 1.29 is 9.53 Å². The van der Waals surface area contributed by atoms with Crippen LogP contribution in [0.3, 0.4) is 0 Å². The van der Waals surface area contributed by atoms with Crippen molar-refractivity contribution in [2.24, 2.45) is 0 Å². The average Bonchev–Trinajstić information content (AvgIpc) is 2.42. The Morgan fingerprint density at radius 2 is 1.40 bits per heavy atom. The van der Waals surface area contributed by atoms with Crippen molar-refractivity contribution in [2.75, 3.05) is 0 Å². The van der Waals surface area contributed by atoms with Gasteiger partial charge in [0.2, 0.25) is 0 Å². The lowest BCUT2D eigenvalue weighted by Gasteiger charge is -2.13. The molecule has 0 saturated carbocycles. The smallest absolute Gasteiger partial charge is 0.306 e. The van der Waals surface area contributed by atoms with Gasteiger partial charge in [-0.15, -0.1) is 0 Å². The predicted octanol–water partition coefficient (Wildman–Crippen LogP) is 5.56. The van der Waals surface area contributed by atoms with E-state index in [1.54, 1.807) is 0 Å². The molecule has 0 bridgehead atoms. The Morgan fingerprint density at radius 1 is 0.850 bits per heavy atom. The van der Waals surface area contributed by atoms with Crippen LogP contribution in [0, 0.1) is 0 Å². The topological polar surface area (TPSA) is 26.3 Å². The maximum atomic E-state index is 11.7. The third kappa shape index (κ3) is 10.1. The van der Waals surface area contributed by atoms with Gasteiger partial charge in [0, 0.05) is 6.42 Å². The van der Waals surface area contributed by atoms with E-state index in [0.717, 1.165) is 19.3 Å². The summed E-state index contributed by atoms with van der Waals surface area (Å²) in [5.74, 6) is 0.00143. The van der Waals surface area contributed by atoms with Gasteiger partial charge in [0.1, 0.15) is 0 Å². The highest BCUT2D eigenvalue weighted by atomic mass is 16.5. The molecule has 0 aromatic heterocycles. The van der Waals surface area contributed by atoms with Crippen LogP contribution in [0.2, 0.25) is 0 Å². The van der Waals surface area contributed by atoms with Crippen molar-refractivity contribution in [3.05, 3.63) is 12.2 Å². The fourth-order valence-electron chi connectivity index (χ4n) is 2.69. The van der Waals surface area contributed by atoms with E-state index in [-0.39, 0.29) is 12.1 Å². The SMILES string of the molecule is C[C@H]1CCCCCC/C=C/CCCCCCCC(=O)O1. The van der Waals surface area contributed by atoms with Crippen molar-refractivity contribution in [1.29, 1.82) is 0 Å². The summed E-state index contributed by atoms with van der Waals surface area (Å²) in [6.07, 6.45) is 19.9. The first-order valence-corrected chi connectivity index (χ1v) is 8.63. The molecule has 20 heavy (non-hydrogen) atoms. The van der Waals surface area contributed by atoms with Gasteiger partial charge in [-0.1, -0.05) is 44.3 Å². The Bertz CT molecular complexity index is 271. The lowest BCUT2D eigenvalue weighted by molar-refractivity contribution is -0.148. The minimum absolute atomic E-state index is 0.00143. The molecule has 116 valence electrons. The van der Waals surface area contributed by atoms with Crippen LogP contribution in [0.25, 0.3) is 0 Å². The molecule has 1 atom stereocenters. The summed E-state index contributed by atoms with van der Waals surface area (Å²) in [5, 5.41) is 0. The van der Waals surface area contributed by atoms with Crippen molar-refractivity contribution in [1.82, 2.24) is 0 Å². The highest BCUT2D eigenvalue weighted by Crippen LogP contribution is 2.13. The van der Waals surface area contributed by atoms with E-state index in [1.165, 1.54) is 57.8 Å². The third-order valence-corrected chi connectivity index (χ3v) is 3.98. The highest BCUT2D eigenvalue weighted by molar-refractivity contribution is 5.69. The molecule has 0 N–H and O–H groups in total. The second kappa shape index (κ2) is 12.0. The Labute approximate surface area is 125 Å². The lowest BCUT2D eigenvalue weighted by atomic mass is 10.1. The van der Waals surface area contributed by atoms with Gasteiger partial charge < -0.3 is 4.74 Å². The Morgan fingerprint density at radius 3 is 2.10 bits per heavy atom. The lowest BCUT2D eigenvalue weighted by Crippen LogP contribution is -2.14. The number of esters is 1. The molecule has 1 heterocycles. The highest BCUT2D eigenvalue weighted by Gasteiger charge is 2.08. The molecule has 1 aliphatic rings. The van der Waals surface area contributed by atoms with E-state index in [0.29, 0.717) is 6.42 Å². The summed E-state index contributed by atoms with van der Waals surface area (Å²) < 4.78 is 5.45. The zero-order valence-electron chi connectivity index (χ0n) is 13.2. The molecule has 0 aromatic carbocycles. The first kappa shape index (κ1) is 17.3. The number of carbonyl (C=O) groups excluding carboxylic acids is 1. The van der Waals surface area contributed by atoms with Crippen LogP contribution >= 0.6 is 0 Å². The number of hydrogen-bond acceptors (Lipinski definition) is 2. The minimum atomic E-state index is 0.00143. The molecule has 0 amide bonds. The first-order chi connectivity index (χ1) is 9.79. The number of ether oxygens (including phenoxy) is 1. The fourth-order valence-corrected chi connectivity index (χ4v) is 2.69. The molecule has 0 aliphatic carbocycles. The van der Waals surface area contributed by atoms with Gasteiger partial charge in [0.05, 0.1) is 6.10 Å². The quantitative estimate of drug-likeness (QED) is 0.429. The monoisotopic (exact) mass is 280 g/mol. The second-order valence-electron chi connectivity index (χ2n) is 6.07. The Kier molecular flexibility index (Phi) is 10.3. The van der Waals surface area contributed by atoms with Crippen molar-refractivity contribution in [2.45, 2.75) is 96.5 Å². The Balaban J connectivity index is 2.25. The molecular formula is C18H32O2. The van der Waals surface area contributed by atoms with E-state index >= 15 is 0 Å². The van der Waals surface area contributed by atoms with Gasteiger partial charge in [-0.25, -0.2) is 0 Å². The zero-order chi connectivity index (χ0) is 14.5. The van der Waals surface area contributed by atoms with Gasteiger partial charge >= 0.3 is 5.97 Å². The average molecular weight is 280 g/mol. The van der Waals surface area contributed by atoms with Crippen molar-refractivity contribution in [3.8, 4) is 0 Å². The molecule has 0 aromatic rings. The summed E-state index contributed by atoms with van der Waals surface area (Å²) in [6.45, 7) is 2.03. The first-order valence-electron chi connectivity index (χ1n) is 8.63. The standard InChI is InChI=1S/C18H32O2/c1-17-15-13-11-9-7-5-3-2-4-6-8-10-12-14-16-18(19)20-17/h2-3,17H,4-16H2,1H3/b3-2+/t17-/m0/s1. The molecule has 0 saturated heterocycles. The fraction of sp³-hybridized carbons (Fsp3) is 0.833. The number of cyclic esters (lactones) is 1. The maximum absolute atomic E-state index is 11.7. The molecule has 0 spiro atoms. The van der Waals surface area contributed by atoms with Gasteiger partial charge in [0.25, 0.3) is 0 Å². The minimum Gasteiger partial charge on any atom is -0.463 e. The maximum Gasteiger partial charge on any atom is 0.306 e. The van der Waals surface area contributed by atoms with Crippen molar-refractivity contribution in [3.63, 3.8) is 0 Å². The largest absolute Gasteiger partial charge is 0.463 e. The molecule has 0 unspecified atom stereocenters. The van der Waals surface area contributed by atoms with Gasteiger partial charge in [-0.05, 0) is 51.9 Å².